The van der Waals surface area contributed by atoms with Crippen LogP contribution in [0.5, 0.6) is 0 Å². The Morgan fingerprint density at radius 1 is 1.73 bits per heavy atom. The molecular formula is C7H3BrN2O. The highest BCUT2D eigenvalue weighted by Gasteiger charge is 2.00. The molecule has 1 aromatic heterocycles. The molecule has 4 heteroatoms. The van der Waals surface area contributed by atoms with Gasteiger partial charge < -0.3 is 0 Å². The zero-order chi connectivity index (χ0) is 8.27. The molecule has 1 rings (SSSR count). The molecule has 0 aromatic carbocycles. The highest BCUT2D eigenvalue weighted by atomic mass is 79.9. The first-order valence-corrected chi connectivity index (χ1v) is 3.58. The van der Waals surface area contributed by atoms with Crippen LogP contribution >= 0.6 is 15.9 Å². The van der Waals surface area contributed by atoms with E-state index in [1.54, 1.807) is 0 Å². The lowest BCUT2D eigenvalue weighted by Gasteiger charge is -1.92. The normalized spacial score (nSPS) is 8.73. The summed E-state index contributed by atoms with van der Waals surface area (Å²) in [5.41, 5.74) is 0.777. The fraction of sp³-hybridized carbons (Fsp3) is 0. The minimum absolute atomic E-state index is 0.370. The van der Waals surface area contributed by atoms with Crippen molar-refractivity contribution >= 4 is 22.2 Å². The van der Waals surface area contributed by atoms with Crippen molar-refractivity contribution in [3.63, 3.8) is 0 Å². The molecule has 0 amide bonds. The summed E-state index contributed by atoms with van der Waals surface area (Å²) < 4.78 is 0.464. The van der Waals surface area contributed by atoms with Gasteiger partial charge in [0.2, 0.25) is 0 Å². The zero-order valence-electron chi connectivity index (χ0n) is 5.41. The molecule has 0 saturated carbocycles. The lowest BCUT2D eigenvalue weighted by Crippen LogP contribution is -1.87. The summed E-state index contributed by atoms with van der Waals surface area (Å²) in [5.74, 6) is 0. The molecule has 54 valence electrons. The van der Waals surface area contributed by atoms with E-state index in [2.05, 4.69) is 20.9 Å². The molecule has 0 spiro atoms. The molecule has 0 radical (unpaired) electrons. The second-order valence-electron chi connectivity index (χ2n) is 1.84. The number of hydrogen-bond donors (Lipinski definition) is 0. The SMILES string of the molecule is N#Cc1cc(C=O)cnc1Br. The third-order valence-electron chi connectivity index (χ3n) is 1.12. The highest BCUT2D eigenvalue weighted by molar-refractivity contribution is 9.10. The van der Waals surface area contributed by atoms with Crippen LogP contribution < -0.4 is 0 Å². The van der Waals surface area contributed by atoms with E-state index in [-0.39, 0.29) is 0 Å². The van der Waals surface area contributed by atoms with Crippen LogP contribution in [0.15, 0.2) is 16.9 Å². The van der Waals surface area contributed by atoms with Crippen LogP contribution in [0.25, 0.3) is 0 Å². The van der Waals surface area contributed by atoms with Crippen LogP contribution in [-0.4, -0.2) is 11.3 Å². The number of rotatable bonds is 1. The van der Waals surface area contributed by atoms with Crippen LogP contribution in [0.1, 0.15) is 15.9 Å². The zero-order valence-corrected chi connectivity index (χ0v) is 7.00. The monoisotopic (exact) mass is 210 g/mol. The second-order valence-corrected chi connectivity index (χ2v) is 2.59. The van der Waals surface area contributed by atoms with Crippen molar-refractivity contribution < 1.29 is 4.79 Å². The first kappa shape index (κ1) is 7.89. The summed E-state index contributed by atoms with van der Waals surface area (Å²) in [4.78, 5) is 14.0. The van der Waals surface area contributed by atoms with Crippen molar-refractivity contribution in [1.82, 2.24) is 4.98 Å². The fourth-order valence-corrected chi connectivity index (χ4v) is 0.913. The Kier molecular flexibility index (Phi) is 2.34. The van der Waals surface area contributed by atoms with Gasteiger partial charge in [-0.1, -0.05) is 0 Å². The molecule has 0 atom stereocenters. The summed E-state index contributed by atoms with van der Waals surface area (Å²) in [6.07, 6.45) is 2.05. The van der Waals surface area contributed by atoms with Gasteiger partial charge in [0.1, 0.15) is 10.7 Å². The third kappa shape index (κ3) is 1.63. The summed E-state index contributed by atoms with van der Waals surface area (Å²) in [6, 6.07) is 3.38. The molecular weight excluding hydrogens is 208 g/mol. The minimum atomic E-state index is 0.370. The molecule has 1 heterocycles. The van der Waals surface area contributed by atoms with E-state index in [0.29, 0.717) is 22.0 Å². The Labute approximate surface area is 71.8 Å². The molecule has 0 bridgehead atoms. The standard InChI is InChI=1S/C7H3BrN2O/c8-7-6(2-9)1-5(4-11)3-10-7/h1,3-4H. The van der Waals surface area contributed by atoms with Crippen LogP contribution in [0.2, 0.25) is 0 Å². The van der Waals surface area contributed by atoms with Gasteiger partial charge in [0.05, 0.1) is 5.56 Å². The quantitative estimate of drug-likeness (QED) is 0.522. The van der Waals surface area contributed by atoms with Gasteiger partial charge in [-0.05, 0) is 22.0 Å². The molecule has 0 saturated heterocycles. The predicted molar refractivity (Wildman–Crippen MR) is 42.0 cm³/mol. The molecule has 0 aliphatic rings. The van der Waals surface area contributed by atoms with Crippen LogP contribution in [0.3, 0.4) is 0 Å². The fourth-order valence-electron chi connectivity index (χ4n) is 0.607. The van der Waals surface area contributed by atoms with Crippen molar-refractivity contribution in [3.05, 3.63) is 28.0 Å². The van der Waals surface area contributed by atoms with Gasteiger partial charge >= 0.3 is 0 Å². The summed E-state index contributed by atoms with van der Waals surface area (Å²) in [5, 5.41) is 8.50. The van der Waals surface area contributed by atoms with Gasteiger partial charge in [0.25, 0.3) is 0 Å². The maximum Gasteiger partial charge on any atom is 0.151 e. The average Bonchev–Trinajstić information content (AvgIpc) is 2.05. The summed E-state index contributed by atoms with van der Waals surface area (Å²) in [7, 11) is 0. The van der Waals surface area contributed by atoms with E-state index in [0.717, 1.165) is 0 Å². The number of nitriles is 1. The van der Waals surface area contributed by atoms with E-state index in [9.17, 15) is 4.79 Å². The number of carbonyl (C=O) groups excluding carboxylic acids is 1. The predicted octanol–water partition coefficient (Wildman–Crippen LogP) is 1.53. The molecule has 0 fully saturated rings. The molecule has 1 aromatic rings. The number of nitrogens with zero attached hydrogens (tertiary/aromatic N) is 2. The average molecular weight is 211 g/mol. The second kappa shape index (κ2) is 3.26. The molecule has 0 aliphatic carbocycles. The molecule has 0 N–H and O–H groups in total. The number of halogens is 1. The molecule has 0 unspecified atom stereocenters. The van der Waals surface area contributed by atoms with E-state index >= 15 is 0 Å². The van der Waals surface area contributed by atoms with Gasteiger partial charge in [-0.25, -0.2) is 4.98 Å². The van der Waals surface area contributed by atoms with Gasteiger partial charge in [0.15, 0.2) is 6.29 Å². The minimum Gasteiger partial charge on any atom is -0.298 e. The Morgan fingerprint density at radius 3 is 3.00 bits per heavy atom. The molecule has 3 nitrogen and oxygen atoms in total. The van der Waals surface area contributed by atoms with E-state index in [1.807, 2.05) is 6.07 Å². The Balaban J connectivity index is 3.25. The van der Waals surface area contributed by atoms with Crippen molar-refractivity contribution in [2.45, 2.75) is 0 Å². The number of hydrogen-bond acceptors (Lipinski definition) is 3. The number of pyridine rings is 1. The van der Waals surface area contributed by atoms with Gasteiger partial charge in [0, 0.05) is 11.8 Å². The highest BCUT2D eigenvalue weighted by Crippen LogP contribution is 2.12. The lowest BCUT2D eigenvalue weighted by atomic mass is 10.2. The smallest absolute Gasteiger partial charge is 0.151 e. The van der Waals surface area contributed by atoms with Crippen molar-refractivity contribution in [2.75, 3.05) is 0 Å². The van der Waals surface area contributed by atoms with Crippen molar-refractivity contribution in [3.8, 4) is 6.07 Å². The topological polar surface area (TPSA) is 53.8 Å². The van der Waals surface area contributed by atoms with Crippen molar-refractivity contribution in [1.29, 1.82) is 5.26 Å². The number of aromatic nitrogens is 1. The number of carbonyl (C=O) groups is 1. The molecule has 0 aliphatic heterocycles. The van der Waals surface area contributed by atoms with Gasteiger partial charge in [-0.3, -0.25) is 4.79 Å². The largest absolute Gasteiger partial charge is 0.298 e. The Morgan fingerprint density at radius 2 is 2.45 bits per heavy atom. The molecule has 11 heavy (non-hydrogen) atoms. The van der Waals surface area contributed by atoms with Gasteiger partial charge in [-0.2, -0.15) is 5.26 Å². The van der Waals surface area contributed by atoms with Crippen LogP contribution in [-0.2, 0) is 0 Å². The first-order valence-electron chi connectivity index (χ1n) is 2.78. The van der Waals surface area contributed by atoms with Crippen LogP contribution in [0, 0.1) is 11.3 Å². The third-order valence-corrected chi connectivity index (χ3v) is 1.75. The van der Waals surface area contributed by atoms with E-state index in [1.165, 1.54) is 12.3 Å². The first-order chi connectivity index (χ1) is 5.27. The van der Waals surface area contributed by atoms with Crippen LogP contribution in [0.4, 0.5) is 0 Å². The van der Waals surface area contributed by atoms with Gasteiger partial charge in [-0.15, -0.1) is 0 Å². The Hall–Kier alpha value is -1.21. The lowest BCUT2D eigenvalue weighted by molar-refractivity contribution is 0.112. The Bertz CT molecular complexity index is 330. The van der Waals surface area contributed by atoms with E-state index in [4.69, 9.17) is 5.26 Å². The number of aldehydes is 1. The maximum atomic E-state index is 10.2. The maximum absolute atomic E-state index is 10.2. The van der Waals surface area contributed by atoms with Crippen molar-refractivity contribution in [2.24, 2.45) is 0 Å². The summed E-state index contributed by atoms with van der Waals surface area (Å²) >= 11 is 3.07. The van der Waals surface area contributed by atoms with E-state index < -0.39 is 0 Å². The summed E-state index contributed by atoms with van der Waals surface area (Å²) in [6.45, 7) is 0.